The molecule has 1 atom stereocenters. The number of ether oxygens (including phenoxy) is 1. The minimum Gasteiger partial charge on any atom is -0.454 e. The van der Waals surface area contributed by atoms with Crippen molar-refractivity contribution in [1.29, 1.82) is 0 Å². The molecule has 7 heteroatoms. The maximum atomic E-state index is 12.3. The fourth-order valence-corrected chi connectivity index (χ4v) is 2.99. The monoisotopic (exact) mass is 388 g/mol. The van der Waals surface area contributed by atoms with E-state index in [1.54, 1.807) is 37.4 Å². The van der Waals surface area contributed by atoms with E-state index >= 15 is 0 Å². The molecule has 27 heavy (non-hydrogen) atoms. The summed E-state index contributed by atoms with van der Waals surface area (Å²) in [6, 6.07) is 8.17. The molecule has 2 amide bonds. The second-order valence-electron chi connectivity index (χ2n) is 6.63. The maximum absolute atomic E-state index is 12.3. The van der Waals surface area contributed by atoms with E-state index in [9.17, 15) is 14.4 Å². The molecule has 6 nitrogen and oxygen atoms in total. The summed E-state index contributed by atoms with van der Waals surface area (Å²) in [6.45, 7) is 7.13. The van der Waals surface area contributed by atoms with Crippen LogP contribution in [0.15, 0.2) is 35.7 Å². The van der Waals surface area contributed by atoms with Gasteiger partial charge in [0.05, 0.1) is 4.88 Å². The van der Waals surface area contributed by atoms with Gasteiger partial charge in [-0.3, -0.25) is 9.59 Å². The Bertz CT molecular complexity index is 815. The number of carbonyl (C=O) groups excluding carboxylic acids is 3. The van der Waals surface area contributed by atoms with Crippen molar-refractivity contribution in [3.8, 4) is 0 Å². The molecule has 2 N–H and O–H groups in total. The number of hydrogen-bond acceptors (Lipinski definition) is 5. The van der Waals surface area contributed by atoms with Crippen molar-refractivity contribution in [1.82, 2.24) is 5.32 Å². The second kappa shape index (κ2) is 9.32. The molecule has 0 saturated heterocycles. The van der Waals surface area contributed by atoms with E-state index in [4.69, 9.17) is 4.74 Å². The first kappa shape index (κ1) is 20.6. The predicted octanol–water partition coefficient (Wildman–Crippen LogP) is 3.30. The Balaban J connectivity index is 1.89. The zero-order valence-corrected chi connectivity index (χ0v) is 16.7. The first-order chi connectivity index (χ1) is 12.8. The number of rotatable bonds is 7. The normalized spacial score (nSPS) is 11.7. The first-order valence-electron chi connectivity index (χ1n) is 8.66. The molecule has 0 aliphatic rings. The van der Waals surface area contributed by atoms with Crippen LogP contribution < -0.4 is 10.6 Å². The summed E-state index contributed by atoms with van der Waals surface area (Å²) in [7, 11) is 0. The predicted molar refractivity (Wildman–Crippen MR) is 106 cm³/mol. The van der Waals surface area contributed by atoms with Gasteiger partial charge in [0, 0.05) is 5.69 Å². The standard InChI is InChI=1S/C20H24N2O4S/c1-12(2)18(22-19(24)16-6-5-9-27-16)20(25)26-11-17(23)21-15-8-7-13(3)14(4)10-15/h5-10,12,18H,11H2,1-4H3,(H,21,23)(H,22,24)/t18-/m1/s1. The Morgan fingerprint density at radius 2 is 1.85 bits per heavy atom. The van der Waals surface area contributed by atoms with Crippen LogP contribution in [0.5, 0.6) is 0 Å². The number of amides is 2. The molecule has 0 bridgehead atoms. The van der Waals surface area contributed by atoms with E-state index in [1.807, 2.05) is 26.0 Å². The van der Waals surface area contributed by atoms with Crippen LogP contribution in [-0.4, -0.2) is 30.4 Å². The number of aryl methyl sites for hydroxylation is 2. The molecule has 1 aromatic heterocycles. The minimum absolute atomic E-state index is 0.177. The molecular weight excluding hydrogens is 364 g/mol. The van der Waals surface area contributed by atoms with Gasteiger partial charge in [-0.05, 0) is 54.5 Å². The Morgan fingerprint density at radius 1 is 1.11 bits per heavy atom. The van der Waals surface area contributed by atoms with Gasteiger partial charge >= 0.3 is 5.97 Å². The highest BCUT2D eigenvalue weighted by Crippen LogP contribution is 2.14. The average Bonchev–Trinajstić information content (AvgIpc) is 3.15. The van der Waals surface area contributed by atoms with Crippen molar-refractivity contribution >= 4 is 34.8 Å². The molecule has 2 aromatic rings. The molecule has 0 radical (unpaired) electrons. The molecule has 0 aliphatic heterocycles. The molecule has 0 saturated carbocycles. The summed E-state index contributed by atoms with van der Waals surface area (Å²) in [5, 5.41) is 7.15. The van der Waals surface area contributed by atoms with Crippen molar-refractivity contribution in [2.45, 2.75) is 33.7 Å². The van der Waals surface area contributed by atoms with E-state index in [-0.39, 0.29) is 11.8 Å². The quantitative estimate of drug-likeness (QED) is 0.713. The van der Waals surface area contributed by atoms with Crippen molar-refractivity contribution in [2.75, 3.05) is 11.9 Å². The SMILES string of the molecule is Cc1ccc(NC(=O)COC(=O)[C@H](NC(=O)c2cccs2)C(C)C)cc1C. The van der Waals surface area contributed by atoms with Crippen LogP contribution in [0, 0.1) is 19.8 Å². The minimum atomic E-state index is -0.825. The van der Waals surface area contributed by atoms with Gasteiger partial charge in [0.25, 0.3) is 11.8 Å². The van der Waals surface area contributed by atoms with Crippen LogP contribution in [0.2, 0.25) is 0 Å². The summed E-state index contributed by atoms with van der Waals surface area (Å²) in [5.41, 5.74) is 2.83. The smallest absolute Gasteiger partial charge is 0.329 e. The van der Waals surface area contributed by atoms with E-state index < -0.39 is 24.5 Å². The van der Waals surface area contributed by atoms with Gasteiger partial charge in [-0.15, -0.1) is 11.3 Å². The highest BCUT2D eigenvalue weighted by molar-refractivity contribution is 7.12. The average molecular weight is 388 g/mol. The number of carbonyl (C=O) groups is 3. The van der Waals surface area contributed by atoms with Crippen LogP contribution in [0.4, 0.5) is 5.69 Å². The van der Waals surface area contributed by atoms with Crippen LogP contribution in [-0.2, 0) is 14.3 Å². The Hall–Kier alpha value is -2.67. The van der Waals surface area contributed by atoms with E-state index in [0.717, 1.165) is 11.1 Å². The molecule has 0 spiro atoms. The molecular formula is C20H24N2O4S. The molecule has 0 aliphatic carbocycles. The van der Waals surface area contributed by atoms with Crippen LogP contribution in [0.1, 0.15) is 34.6 Å². The second-order valence-corrected chi connectivity index (χ2v) is 7.58. The Labute approximate surface area is 162 Å². The Morgan fingerprint density at radius 3 is 2.44 bits per heavy atom. The highest BCUT2D eigenvalue weighted by atomic mass is 32.1. The zero-order chi connectivity index (χ0) is 20.0. The summed E-state index contributed by atoms with van der Waals surface area (Å²) < 4.78 is 5.11. The fraction of sp³-hybridized carbons (Fsp3) is 0.350. The van der Waals surface area contributed by atoms with Gasteiger partial charge < -0.3 is 15.4 Å². The number of hydrogen-bond donors (Lipinski definition) is 2. The number of thiophene rings is 1. The van der Waals surface area contributed by atoms with Gasteiger partial charge in [-0.1, -0.05) is 26.0 Å². The van der Waals surface area contributed by atoms with Crippen molar-refractivity contribution in [3.63, 3.8) is 0 Å². The van der Waals surface area contributed by atoms with Gasteiger partial charge in [0.1, 0.15) is 6.04 Å². The summed E-state index contributed by atoms with van der Waals surface area (Å²) in [6.07, 6.45) is 0. The van der Waals surface area contributed by atoms with Gasteiger partial charge in [-0.25, -0.2) is 4.79 Å². The molecule has 1 heterocycles. The highest BCUT2D eigenvalue weighted by Gasteiger charge is 2.27. The molecule has 2 rings (SSSR count). The van der Waals surface area contributed by atoms with Crippen molar-refractivity contribution in [3.05, 3.63) is 51.7 Å². The van der Waals surface area contributed by atoms with E-state index in [1.165, 1.54) is 11.3 Å². The van der Waals surface area contributed by atoms with Crippen molar-refractivity contribution < 1.29 is 19.1 Å². The topological polar surface area (TPSA) is 84.5 Å². The van der Waals surface area contributed by atoms with Crippen LogP contribution >= 0.6 is 11.3 Å². The Kier molecular flexibility index (Phi) is 7.12. The number of nitrogens with one attached hydrogen (secondary N) is 2. The lowest BCUT2D eigenvalue weighted by molar-refractivity contribution is -0.150. The van der Waals surface area contributed by atoms with Gasteiger partial charge in [-0.2, -0.15) is 0 Å². The lowest BCUT2D eigenvalue weighted by atomic mass is 10.0. The number of anilines is 1. The summed E-state index contributed by atoms with van der Waals surface area (Å²) >= 11 is 1.29. The molecule has 0 unspecified atom stereocenters. The molecule has 144 valence electrons. The van der Waals surface area contributed by atoms with E-state index in [2.05, 4.69) is 10.6 Å². The van der Waals surface area contributed by atoms with Crippen LogP contribution in [0.3, 0.4) is 0 Å². The molecule has 0 fully saturated rings. The van der Waals surface area contributed by atoms with Gasteiger partial charge in [0.2, 0.25) is 0 Å². The largest absolute Gasteiger partial charge is 0.454 e. The van der Waals surface area contributed by atoms with Gasteiger partial charge in [0.15, 0.2) is 6.61 Å². The van der Waals surface area contributed by atoms with Crippen LogP contribution in [0.25, 0.3) is 0 Å². The number of benzene rings is 1. The fourth-order valence-electron chi connectivity index (χ4n) is 2.36. The third-order valence-corrected chi connectivity index (χ3v) is 4.96. The van der Waals surface area contributed by atoms with E-state index in [0.29, 0.717) is 10.6 Å². The lowest BCUT2D eigenvalue weighted by Crippen LogP contribution is -2.45. The maximum Gasteiger partial charge on any atom is 0.329 e. The number of esters is 1. The van der Waals surface area contributed by atoms with Crippen molar-refractivity contribution in [2.24, 2.45) is 5.92 Å². The third-order valence-electron chi connectivity index (χ3n) is 4.09. The first-order valence-corrected chi connectivity index (χ1v) is 9.54. The zero-order valence-electron chi connectivity index (χ0n) is 15.9. The summed E-state index contributed by atoms with van der Waals surface area (Å²) in [5.74, 6) is -1.58. The third kappa shape index (κ3) is 5.92. The molecule has 1 aromatic carbocycles. The summed E-state index contributed by atoms with van der Waals surface area (Å²) in [4.78, 5) is 37.1. The lowest BCUT2D eigenvalue weighted by Gasteiger charge is -2.20.